The van der Waals surface area contributed by atoms with E-state index in [4.69, 9.17) is 0 Å². The number of hydrogen-bond acceptors (Lipinski definition) is 3. The van der Waals surface area contributed by atoms with E-state index < -0.39 is 0 Å². The highest BCUT2D eigenvalue weighted by molar-refractivity contribution is 7.09. The molecule has 2 unspecified atom stereocenters. The Labute approximate surface area is 102 Å². The lowest BCUT2D eigenvalue weighted by Crippen LogP contribution is -2.38. The van der Waals surface area contributed by atoms with Gasteiger partial charge in [-0.1, -0.05) is 20.3 Å². The third-order valence-corrected chi connectivity index (χ3v) is 4.53. The highest BCUT2D eigenvalue weighted by Crippen LogP contribution is 2.36. The lowest BCUT2D eigenvalue weighted by Gasteiger charge is -2.36. The van der Waals surface area contributed by atoms with Crippen LogP contribution in [-0.2, 0) is 0 Å². The molecule has 2 atom stereocenters. The van der Waals surface area contributed by atoms with Crippen molar-refractivity contribution in [2.45, 2.75) is 58.5 Å². The summed E-state index contributed by atoms with van der Waals surface area (Å²) in [5, 5.41) is 3.75. The van der Waals surface area contributed by atoms with E-state index in [1.54, 1.807) is 11.3 Å². The maximum absolute atomic E-state index is 4.14. The fourth-order valence-electron chi connectivity index (χ4n) is 2.72. The molecule has 1 aliphatic carbocycles. The van der Waals surface area contributed by atoms with Gasteiger partial charge in [-0.3, -0.25) is 4.98 Å². The molecule has 2 nitrogen and oxygen atoms in total. The van der Waals surface area contributed by atoms with Crippen LogP contribution in [-0.4, -0.2) is 11.0 Å². The van der Waals surface area contributed by atoms with Gasteiger partial charge in [0, 0.05) is 23.2 Å². The summed E-state index contributed by atoms with van der Waals surface area (Å²) in [6.07, 6.45) is 7.35. The molecule has 0 saturated heterocycles. The molecule has 2 rings (SSSR count). The van der Waals surface area contributed by atoms with E-state index >= 15 is 0 Å². The molecule has 16 heavy (non-hydrogen) atoms. The van der Waals surface area contributed by atoms with Crippen LogP contribution < -0.4 is 5.32 Å². The number of nitrogens with zero attached hydrogens (tertiary/aromatic N) is 1. The highest BCUT2D eigenvalue weighted by Gasteiger charge is 2.28. The zero-order valence-electron chi connectivity index (χ0n) is 10.5. The van der Waals surface area contributed by atoms with Gasteiger partial charge in [0.25, 0.3) is 0 Å². The molecule has 1 saturated carbocycles. The van der Waals surface area contributed by atoms with Crippen LogP contribution in [0.25, 0.3) is 0 Å². The third-order valence-electron chi connectivity index (χ3n) is 3.57. The van der Waals surface area contributed by atoms with E-state index in [9.17, 15) is 0 Å². The van der Waals surface area contributed by atoms with Gasteiger partial charge >= 0.3 is 0 Å². The molecular weight excluding hydrogens is 216 g/mol. The second-order valence-corrected chi connectivity index (χ2v) is 6.67. The molecule has 1 aliphatic rings. The van der Waals surface area contributed by atoms with Crippen molar-refractivity contribution in [2.75, 3.05) is 0 Å². The zero-order valence-corrected chi connectivity index (χ0v) is 11.3. The van der Waals surface area contributed by atoms with Crippen LogP contribution in [0.15, 0.2) is 11.7 Å². The quantitative estimate of drug-likeness (QED) is 0.867. The minimum absolute atomic E-state index is 0.450. The molecule has 0 aliphatic heterocycles. The van der Waals surface area contributed by atoms with Crippen molar-refractivity contribution in [1.82, 2.24) is 10.3 Å². The second-order valence-electron chi connectivity index (χ2n) is 5.75. The molecule has 1 heterocycles. The fraction of sp³-hybridized carbons (Fsp3) is 0.769. The number of thiazole rings is 1. The van der Waals surface area contributed by atoms with E-state index in [2.05, 4.69) is 31.1 Å². The van der Waals surface area contributed by atoms with Crippen molar-refractivity contribution in [2.24, 2.45) is 5.41 Å². The smallest absolute Gasteiger partial charge is 0.0794 e. The largest absolute Gasteiger partial charge is 0.307 e. The summed E-state index contributed by atoms with van der Waals surface area (Å²) in [7, 11) is 0. The average molecular weight is 238 g/mol. The Morgan fingerprint density at radius 3 is 3.00 bits per heavy atom. The highest BCUT2D eigenvalue weighted by atomic mass is 32.1. The standard InChI is InChI=1S/C13H22N2S/c1-10(12-8-14-9-16-12)15-11-5-4-6-13(2,3)7-11/h8-11,15H,4-7H2,1-3H3. The van der Waals surface area contributed by atoms with Crippen molar-refractivity contribution in [3.05, 3.63) is 16.6 Å². The third kappa shape index (κ3) is 3.05. The van der Waals surface area contributed by atoms with E-state index in [1.807, 2.05) is 11.7 Å². The Balaban J connectivity index is 1.90. The van der Waals surface area contributed by atoms with Gasteiger partial charge in [0.05, 0.1) is 5.51 Å². The Bertz CT molecular complexity index is 319. The Morgan fingerprint density at radius 2 is 2.38 bits per heavy atom. The van der Waals surface area contributed by atoms with Crippen LogP contribution in [0.3, 0.4) is 0 Å². The molecule has 1 aromatic heterocycles. The number of nitrogens with one attached hydrogen (secondary N) is 1. The van der Waals surface area contributed by atoms with Gasteiger partial charge in [-0.25, -0.2) is 0 Å². The Kier molecular flexibility index (Phi) is 3.65. The van der Waals surface area contributed by atoms with Crippen molar-refractivity contribution in [3.63, 3.8) is 0 Å². The molecule has 3 heteroatoms. The predicted molar refractivity (Wildman–Crippen MR) is 69.7 cm³/mol. The summed E-state index contributed by atoms with van der Waals surface area (Å²) in [4.78, 5) is 5.49. The number of hydrogen-bond donors (Lipinski definition) is 1. The normalized spacial score (nSPS) is 26.6. The minimum Gasteiger partial charge on any atom is -0.307 e. The van der Waals surface area contributed by atoms with Crippen LogP contribution in [0.1, 0.15) is 57.4 Å². The Morgan fingerprint density at radius 1 is 1.56 bits per heavy atom. The number of rotatable bonds is 3. The molecular formula is C13H22N2S. The summed E-state index contributed by atoms with van der Waals surface area (Å²) >= 11 is 1.75. The maximum atomic E-state index is 4.14. The van der Waals surface area contributed by atoms with Gasteiger partial charge in [-0.05, 0) is 31.6 Å². The minimum atomic E-state index is 0.450. The van der Waals surface area contributed by atoms with E-state index in [-0.39, 0.29) is 0 Å². The van der Waals surface area contributed by atoms with Crippen molar-refractivity contribution >= 4 is 11.3 Å². The summed E-state index contributed by atoms with van der Waals surface area (Å²) < 4.78 is 0. The van der Waals surface area contributed by atoms with Crippen LogP contribution in [0.2, 0.25) is 0 Å². The molecule has 90 valence electrons. The van der Waals surface area contributed by atoms with Crippen molar-refractivity contribution in [1.29, 1.82) is 0 Å². The van der Waals surface area contributed by atoms with E-state index in [0.717, 1.165) is 0 Å². The molecule has 1 fully saturated rings. The van der Waals surface area contributed by atoms with Gasteiger partial charge in [0.15, 0.2) is 0 Å². The predicted octanol–water partition coefficient (Wildman–Crippen LogP) is 3.76. The first-order valence-corrected chi connectivity index (χ1v) is 7.09. The van der Waals surface area contributed by atoms with Crippen LogP contribution in [0, 0.1) is 5.41 Å². The van der Waals surface area contributed by atoms with Crippen LogP contribution in [0.4, 0.5) is 0 Å². The maximum Gasteiger partial charge on any atom is 0.0794 e. The SMILES string of the molecule is CC(NC1CCCC(C)(C)C1)c1cncs1. The molecule has 0 bridgehead atoms. The van der Waals surface area contributed by atoms with Crippen LogP contribution in [0.5, 0.6) is 0 Å². The van der Waals surface area contributed by atoms with Crippen molar-refractivity contribution < 1.29 is 0 Å². The van der Waals surface area contributed by atoms with Gasteiger partial charge in [-0.2, -0.15) is 0 Å². The number of aromatic nitrogens is 1. The molecule has 0 amide bonds. The summed E-state index contributed by atoms with van der Waals surface area (Å²) in [5.74, 6) is 0. The average Bonchev–Trinajstić information content (AvgIpc) is 2.68. The molecule has 0 spiro atoms. The van der Waals surface area contributed by atoms with Crippen LogP contribution >= 0.6 is 11.3 Å². The molecule has 1 aromatic rings. The fourth-order valence-corrected chi connectivity index (χ4v) is 3.35. The monoisotopic (exact) mass is 238 g/mol. The van der Waals surface area contributed by atoms with Gasteiger partial charge in [0.2, 0.25) is 0 Å². The zero-order chi connectivity index (χ0) is 11.6. The summed E-state index contributed by atoms with van der Waals surface area (Å²) in [6.45, 7) is 7.02. The van der Waals surface area contributed by atoms with Gasteiger partial charge < -0.3 is 5.32 Å². The molecule has 1 N–H and O–H groups in total. The van der Waals surface area contributed by atoms with E-state index in [0.29, 0.717) is 17.5 Å². The van der Waals surface area contributed by atoms with Gasteiger partial charge in [0.1, 0.15) is 0 Å². The lowest BCUT2D eigenvalue weighted by molar-refractivity contribution is 0.191. The van der Waals surface area contributed by atoms with Gasteiger partial charge in [-0.15, -0.1) is 11.3 Å². The lowest BCUT2D eigenvalue weighted by atomic mass is 9.75. The van der Waals surface area contributed by atoms with Crippen molar-refractivity contribution in [3.8, 4) is 0 Å². The molecule has 0 aromatic carbocycles. The first-order chi connectivity index (χ1) is 7.57. The topological polar surface area (TPSA) is 24.9 Å². The summed E-state index contributed by atoms with van der Waals surface area (Å²) in [5.41, 5.74) is 2.43. The summed E-state index contributed by atoms with van der Waals surface area (Å²) in [6, 6.07) is 1.13. The first kappa shape index (κ1) is 12.1. The first-order valence-electron chi connectivity index (χ1n) is 6.21. The second kappa shape index (κ2) is 4.84. The van der Waals surface area contributed by atoms with E-state index in [1.165, 1.54) is 30.6 Å². The molecule has 0 radical (unpaired) electrons. The Hall–Kier alpha value is -0.410.